The maximum Gasteiger partial charge on any atom is -0.0295 e. The Kier molecular flexibility index (Phi) is 4.04. The van der Waals surface area contributed by atoms with Gasteiger partial charge < -0.3 is 0 Å². The van der Waals surface area contributed by atoms with Crippen LogP contribution in [0.3, 0.4) is 0 Å². The van der Waals surface area contributed by atoms with E-state index in [1.54, 1.807) is 6.42 Å². The molecule has 3 aliphatic rings. The Hall–Kier alpha value is 0. The van der Waals surface area contributed by atoms with Gasteiger partial charge in [0.15, 0.2) is 0 Å². The van der Waals surface area contributed by atoms with E-state index in [0.717, 1.165) is 17.8 Å². The highest BCUT2D eigenvalue weighted by molar-refractivity contribution is 5.02. The first-order valence-corrected chi connectivity index (χ1v) is 6.66. The number of hydrogen-bond donors (Lipinski definition) is 0. The minimum Gasteiger partial charge on any atom is -0.0683 e. The normalized spacial score (nSPS) is 37.9. The largest absolute Gasteiger partial charge is 0.0683 e. The summed E-state index contributed by atoms with van der Waals surface area (Å²) in [5, 5.41) is 0. The Morgan fingerprint density at radius 1 is 1.14 bits per heavy atom. The summed E-state index contributed by atoms with van der Waals surface area (Å²) in [7, 11) is 0. The molecule has 0 amide bonds. The van der Waals surface area contributed by atoms with E-state index >= 15 is 0 Å². The summed E-state index contributed by atoms with van der Waals surface area (Å²) in [4.78, 5) is 0. The molecule has 0 saturated heterocycles. The molecular formula is C14H28. The Bertz CT molecular complexity index is 165. The van der Waals surface area contributed by atoms with Gasteiger partial charge in [0.25, 0.3) is 0 Å². The lowest BCUT2D eigenvalue weighted by atomic mass is 9.45. The number of fused-ring (bicyclic) bond motifs is 2. The SMILES string of the molecule is CC.CCCC1CCC2CC1C2(C)C. The lowest BCUT2D eigenvalue weighted by Crippen LogP contribution is -2.52. The summed E-state index contributed by atoms with van der Waals surface area (Å²) in [6.45, 7) is 11.3. The van der Waals surface area contributed by atoms with Crippen molar-refractivity contribution in [2.75, 3.05) is 0 Å². The van der Waals surface area contributed by atoms with Gasteiger partial charge in [-0.25, -0.2) is 0 Å². The van der Waals surface area contributed by atoms with Crippen LogP contribution in [0, 0.1) is 23.2 Å². The molecule has 0 spiro atoms. The predicted octanol–water partition coefficient (Wildman–Crippen LogP) is 4.89. The van der Waals surface area contributed by atoms with Crippen LogP contribution in [0.25, 0.3) is 0 Å². The van der Waals surface area contributed by atoms with Crippen LogP contribution >= 0.6 is 0 Å². The molecule has 3 saturated carbocycles. The van der Waals surface area contributed by atoms with Gasteiger partial charge in [0.05, 0.1) is 0 Å². The van der Waals surface area contributed by atoms with Crippen molar-refractivity contribution >= 4 is 0 Å². The van der Waals surface area contributed by atoms with Gasteiger partial charge in [0, 0.05) is 0 Å². The Morgan fingerprint density at radius 2 is 1.79 bits per heavy atom. The standard InChI is InChI=1S/C12H22.C2H6/c1-4-5-9-6-7-10-8-11(9)12(10,2)3;1-2/h9-11H,4-8H2,1-3H3;1-2H3. The second-order valence-corrected chi connectivity index (χ2v) is 5.49. The van der Waals surface area contributed by atoms with Gasteiger partial charge in [-0.05, 0) is 42.4 Å². The first kappa shape index (κ1) is 12.1. The van der Waals surface area contributed by atoms with Crippen molar-refractivity contribution in [1.82, 2.24) is 0 Å². The molecule has 0 aliphatic heterocycles. The summed E-state index contributed by atoms with van der Waals surface area (Å²) >= 11 is 0. The quantitative estimate of drug-likeness (QED) is 0.590. The fourth-order valence-electron chi connectivity index (χ4n) is 3.68. The van der Waals surface area contributed by atoms with Gasteiger partial charge in [-0.2, -0.15) is 0 Å². The summed E-state index contributed by atoms with van der Waals surface area (Å²) in [5.41, 5.74) is 0.706. The zero-order valence-electron chi connectivity index (χ0n) is 10.8. The Labute approximate surface area is 90.5 Å². The highest BCUT2D eigenvalue weighted by Gasteiger charge is 2.53. The van der Waals surface area contributed by atoms with Gasteiger partial charge >= 0.3 is 0 Å². The van der Waals surface area contributed by atoms with Gasteiger partial charge in [0.1, 0.15) is 0 Å². The highest BCUT2D eigenvalue weighted by atomic mass is 14.6. The van der Waals surface area contributed by atoms with E-state index in [2.05, 4.69) is 20.8 Å². The average Bonchev–Trinajstić information content (AvgIpc) is 2.21. The van der Waals surface area contributed by atoms with Crippen LogP contribution < -0.4 is 0 Å². The molecule has 3 aliphatic carbocycles. The third-order valence-corrected chi connectivity index (χ3v) is 4.66. The first-order chi connectivity index (χ1) is 6.66. The van der Waals surface area contributed by atoms with Crippen molar-refractivity contribution < 1.29 is 0 Å². The van der Waals surface area contributed by atoms with E-state index in [4.69, 9.17) is 0 Å². The molecule has 0 nitrogen and oxygen atoms in total. The van der Waals surface area contributed by atoms with Crippen LogP contribution in [0.2, 0.25) is 0 Å². The van der Waals surface area contributed by atoms with Crippen LogP contribution in [0.15, 0.2) is 0 Å². The maximum absolute atomic E-state index is 2.49. The summed E-state index contributed by atoms with van der Waals surface area (Å²) in [5.74, 6) is 3.24. The van der Waals surface area contributed by atoms with E-state index in [9.17, 15) is 0 Å². The molecule has 2 bridgehead atoms. The molecule has 84 valence electrons. The zero-order valence-corrected chi connectivity index (χ0v) is 10.8. The lowest BCUT2D eigenvalue weighted by molar-refractivity contribution is -0.106. The van der Waals surface area contributed by atoms with Crippen molar-refractivity contribution in [3.8, 4) is 0 Å². The Morgan fingerprint density at radius 3 is 2.21 bits per heavy atom. The zero-order chi connectivity index (χ0) is 10.8. The van der Waals surface area contributed by atoms with Crippen molar-refractivity contribution in [3.63, 3.8) is 0 Å². The van der Waals surface area contributed by atoms with Crippen molar-refractivity contribution in [1.29, 1.82) is 0 Å². The maximum atomic E-state index is 2.49. The monoisotopic (exact) mass is 196 g/mol. The van der Waals surface area contributed by atoms with E-state index in [1.165, 1.54) is 25.7 Å². The fraction of sp³-hybridized carbons (Fsp3) is 1.00. The molecule has 0 N–H and O–H groups in total. The third-order valence-electron chi connectivity index (χ3n) is 4.66. The molecule has 3 atom stereocenters. The highest BCUT2D eigenvalue weighted by Crippen LogP contribution is 2.62. The van der Waals surface area contributed by atoms with Gasteiger partial charge in [-0.15, -0.1) is 0 Å². The second-order valence-electron chi connectivity index (χ2n) is 5.49. The fourth-order valence-corrected chi connectivity index (χ4v) is 3.68. The average molecular weight is 196 g/mol. The van der Waals surface area contributed by atoms with E-state index in [1.807, 2.05) is 13.8 Å². The molecular weight excluding hydrogens is 168 g/mol. The van der Waals surface area contributed by atoms with E-state index in [0.29, 0.717) is 5.41 Å². The molecule has 3 fully saturated rings. The molecule has 3 unspecified atom stereocenters. The number of rotatable bonds is 2. The molecule has 3 rings (SSSR count). The predicted molar refractivity (Wildman–Crippen MR) is 64.4 cm³/mol. The number of hydrogen-bond acceptors (Lipinski definition) is 0. The van der Waals surface area contributed by atoms with Crippen LogP contribution in [-0.2, 0) is 0 Å². The van der Waals surface area contributed by atoms with Crippen molar-refractivity contribution in [3.05, 3.63) is 0 Å². The molecule has 0 aromatic rings. The molecule has 0 radical (unpaired) electrons. The molecule has 0 heterocycles. The summed E-state index contributed by atoms with van der Waals surface area (Å²) in [6, 6.07) is 0. The molecule has 0 aromatic heterocycles. The third kappa shape index (κ3) is 1.85. The smallest absolute Gasteiger partial charge is 0.0295 e. The van der Waals surface area contributed by atoms with Crippen molar-refractivity contribution in [2.24, 2.45) is 23.2 Å². The molecule has 0 aromatic carbocycles. The summed E-state index contributed by atoms with van der Waals surface area (Å²) in [6.07, 6.45) is 7.49. The van der Waals surface area contributed by atoms with E-state index in [-0.39, 0.29) is 0 Å². The van der Waals surface area contributed by atoms with Crippen LogP contribution in [-0.4, -0.2) is 0 Å². The van der Waals surface area contributed by atoms with Gasteiger partial charge in [0.2, 0.25) is 0 Å². The van der Waals surface area contributed by atoms with Crippen LogP contribution in [0.5, 0.6) is 0 Å². The first-order valence-electron chi connectivity index (χ1n) is 6.66. The summed E-state index contributed by atoms with van der Waals surface area (Å²) < 4.78 is 0. The minimum absolute atomic E-state index is 0.706. The van der Waals surface area contributed by atoms with Crippen LogP contribution in [0.1, 0.15) is 66.7 Å². The van der Waals surface area contributed by atoms with E-state index < -0.39 is 0 Å². The van der Waals surface area contributed by atoms with Crippen molar-refractivity contribution in [2.45, 2.75) is 66.7 Å². The van der Waals surface area contributed by atoms with Gasteiger partial charge in [-0.1, -0.05) is 47.5 Å². The molecule has 0 heteroatoms. The van der Waals surface area contributed by atoms with Crippen LogP contribution in [0.4, 0.5) is 0 Å². The minimum atomic E-state index is 0.706. The van der Waals surface area contributed by atoms with Gasteiger partial charge in [-0.3, -0.25) is 0 Å². The second kappa shape index (κ2) is 4.68. The molecule has 14 heavy (non-hydrogen) atoms. The topological polar surface area (TPSA) is 0 Å². The Balaban J connectivity index is 0.000000461. The lowest BCUT2D eigenvalue weighted by Gasteiger charge is -2.60.